The second-order valence-electron chi connectivity index (χ2n) is 4.50. The number of nitriles is 1. The monoisotopic (exact) mass is 256 g/mol. The van der Waals surface area contributed by atoms with Gasteiger partial charge in [-0.15, -0.1) is 0 Å². The van der Waals surface area contributed by atoms with Gasteiger partial charge in [0.1, 0.15) is 0 Å². The van der Waals surface area contributed by atoms with Crippen LogP contribution in [0, 0.1) is 23.2 Å². The highest BCUT2D eigenvalue weighted by Crippen LogP contribution is 2.17. The standard InChI is InChI=1S/C18H12N2/c19-14-16-8-9-17-10-12-20(18(17)13-16)11-4-7-15-5-2-1-3-6-15/h1-3,5-6,8-10,12-13H,11H2. The number of nitrogens with zero attached hydrogens (tertiary/aromatic N) is 2. The molecule has 2 aromatic carbocycles. The minimum atomic E-state index is 0.618. The Kier molecular flexibility index (Phi) is 3.23. The van der Waals surface area contributed by atoms with Crippen LogP contribution in [0.2, 0.25) is 0 Å². The Morgan fingerprint density at radius 2 is 1.80 bits per heavy atom. The molecule has 0 radical (unpaired) electrons. The van der Waals surface area contributed by atoms with E-state index in [9.17, 15) is 0 Å². The first kappa shape index (κ1) is 12.1. The summed E-state index contributed by atoms with van der Waals surface area (Å²) < 4.78 is 2.06. The Balaban J connectivity index is 1.89. The fourth-order valence-electron chi connectivity index (χ4n) is 2.14. The maximum atomic E-state index is 8.96. The molecule has 2 nitrogen and oxygen atoms in total. The lowest BCUT2D eigenvalue weighted by Gasteiger charge is -2.00. The first-order chi connectivity index (χ1) is 9.86. The van der Waals surface area contributed by atoms with Crippen molar-refractivity contribution in [3.05, 3.63) is 71.9 Å². The molecule has 3 aromatic rings. The molecule has 3 rings (SSSR count). The van der Waals surface area contributed by atoms with Gasteiger partial charge >= 0.3 is 0 Å². The zero-order chi connectivity index (χ0) is 13.8. The molecule has 1 aromatic heterocycles. The molecule has 0 saturated carbocycles. The fraction of sp³-hybridized carbons (Fsp3) is 0.0556. The molecule has 94 valence electrons. The van der Waals surface area contributed by atoms with Crippen molar-refractivity contribution < 1.29 is 0 Å². The minimum absolute atomic E-state index is 0.618. The van der Waals surface area contributed by atoms with Crippen LogP contribution in [0.25, 0.3) is 10.9 Å². The van der Waals surface area contributed by atoms with Crippen LogP contribution in [0.1, 0.15) is 11.1 Å². The largest absolute Gasteiger partial charge is 0.336 e. The molecule has 0 aliphatic carbocycles. The molecule has 1 heterocycles. The summed E-state index contributed by atoms with van der Waals surface area (Å²) in [7, 11) is 0. The van der Waals surface area contributed by atoms with Crippen molar-refractivity contribution in [2.75, 3.05) is 0 Å². The van der Waals surface area contributed by atoms with Gasteiger partial charge in [0.2, 0.25) is 0 Å². The Hall–Kier alpha value is -2.97. The van der Waals surface area contributed by atoms with Gasteiger partial charge in [-0.25, -0.2) is 0 Å². The van der Waals surface area contributed by atoms with Crippen molar-refractivity contribution in [2.45, 2.75) is 6.54 Å². The topological polar surface area (TPSA) is 28.7 Å². The zero-order valence-corrected chi connectivity index (χ0v) is 10.9. The van der Waals surface area contributed by atoms with Gasteiger partial charge in [0, 0.05) is 11.8 Å². The molecule has 0 atom stereocenters. The molecule has 0 amide bonds. The van der Waals surface area contributed by atoms with Crippen molar-refractivity contribution in [3.8, 4) is 17.9 Å². The van der Waals surface area contributed by atoms with Crippen LogP contribution in [0.5, 0.6) is 0 Å². The normalized spacial score (nSPS) is 9.75. The molecule has 0 spiro atoms. The Morgan fingerprint density at radius 1 is 0.950 bits per heavy atom. The molecular formula is C18H12N2. The SMILES string of the molecule is N#Cc1ccc2ccn(CC#Cc3ccccc3)c2c1. The van der Waals surface area contributed by atoms with E-state index in [1.54, 1.807) is 0 Å². The summed E-state index contributed by atoms with van der Waals surface area (Å²) in [6, 6.07) is 19.8. The molecule has 0 bridgehead atoms. The highest BCUT2D eigenvalue weighted by atomic mass is 14.9. The minimum Gasteiger partial charge on any atom is -0.336 e. The van der Waals surface area contributed by atoms with E-state index in [2.05, 4.69) is 22.5 Å². The molecular weight excluding hydrogens is 244 g/mol. The van der Waals surface area contributed by atoms with E-state index >= 15 is 0 Å². The van der Waals surface area contributed by atoms with Crippen molar-refractivity contribution in [3.63, 3.8) is 0 Å². The van der Waals surface area contributed by atoms with E-state index in [1.165, 1.54) is 0 Å². The highest BCUT2D eigenvalue weighted by molar-refractivity contribution is 5.81. The summed E-state index contributed by atoms with van der Waals surface area (Å²) in [5, 5.41) is 10.1. The van der Waals surface area contributed by atoms with E-state index in [0.717, 1.165) is 16.5 Å². The Labute approximate surface area is 117 Å². The van der Waals surface area contributed by atoms with Crippen LogP contribution in [0.3, 0.4) is 0 Å². The van der Waals surface area contributed by atoms with Crippen molar-refractivity contribution >= 4 is 10.9 Å². The first-order valence-electron chi connectivity index (χ1n) is 6.40. The van der Waals surface area contributed by atoms with Crippen LogP contribution in [-0.2, 0) is 6.54 Å². The van der Waals surface area contributed by atoms with Gasteiger partial charge in [-0.05, 0) is 35.7 Å². The smallest absolute Gasteiger partial charge is 0.0992 e. The van der Waals surface area contributed by atoms with E-state index in [-0.39, 0.29) is 0 Å². The number of benzene rings is 2. The lowest BCUT2D eigenvalue weighted by Crippen LogP contribution is -1.93. The van der Waals surface area contributed by atoms with Crippen molar-refractivity contribution in [2.24, 2.45) is 0 Å². The lowest BCUT2D eigenvalue weighted by atomic mass is 10.2. The highest BCUT2D eigenvalue weighted by Gasteiger charge is 2.00. The predicted molar refractivity (Wildman–Crippen MR) is 80.0 cm³/mol. The summed E-state index contributed by atoms with van der Waals surface area (Å²) in [6.45, 7) is 0.618. The molecule has 0 fully saturated rings. The molecule has 0 saturated heterocycles. The van der Waals surface area contributed by atoms with Crippen LogP contribution >= 0.6 is 0 Å². The van der Waals surface area contributed by atoms with Crippen molar-refractivity contribution in [1.82, 2.24) is 4.57 Å². The van der Waals surface area contributed by atoms with Gasteiger partial charge in [0.15, 0.2) is 0 Å². The van der Waals surface area contributed by atoms with Gasteiger partial charge in [-0.3, -0.25) is 0 Å². The summed E-state index contributed by atoms with van der Waals surface area (Å²) in [4.78, 5) is 0. The van der Waals surface area contributed by atoms with E-state index in [1.807, 2.05) is 60.8 Å². The summed E-state index contributed by atoms with van der Waals surface area (Å²) in [5.41, 5.74) is 2.74. The molecule has 2 heteroatoms. The van der Waals surface area contributed by atoms with Gasteiger partial charge in [0.25, 0.3) is 0 Å². The molecule has 0 unspecified atom stereocenters. The number of hydrogen-bond acceptors (Lipinski definition) is 1. The maximum absolute atomic E-state index is 8.96. The fourth-order valence-corrected chi connectivity index (χ4v) is 2.14. The second-order valence-corrected chi connectivity index (χ2v) is 4.50. The van der Waals surface area contributed by atoms with Gasteiger partial charge in [-0.1, -0.05) is 36.1 Å². The third-order valence-corrected chi connectivity index (χ3v) is 3.16. The average Bonchev–Trinajstić information content (AvgIpc) is 2.91. The summed E-state index contributed by atoms with van der Waals surface area (Å²) in [6.07, 6.45) is 2.01. The van der Waals surface area contributed by atoms with E-state index in [0.29, 0.717) is 12.1 Å². The van der Waals surface area contributed by atoms with E-state index < -0.39 is 0 Å². The predicted octanol–water partition coefficient (Wildman–Crippen LogP) is 3.56. The van der Waals surface area contributed by atoms with Gasteiger partial charge in [-0.2, -0.15) is 5.26 Å². The molecule has 0 aliphatic rings. The molecule has 20 heavy (non-hydrogen) atoms. The van der Waals surface area contributed by atoms with Gasteiger partial charge in [0.05, 0.1) is 23.7 Å². The van der Waals surface area contributed by atoms with Crippen molar-refractivity contribution in [1.29, 1.82) is 5.26 Å². The van der Waals surface area contributed by atoms with Crippen LogP contribution in [0.4, 0.5) is 0 Å². The van der Waals surface area contributed by atoms with E-state index in [4.69, 9.17) is 5.26 Å². The zero-order valence-electron chi connectivity index (χ0n) is 10.9. The van der Waals surface area contributed by atoms with Gasteiger partial charge < -0.3 is 4.57 Å². The lowest BCUT2D eigenvalue weighted by molar-refractivity contribution is 0.885. The second kappa shape index (κ2) is 5.34. The Bertz CT molecular complexity index is 840. The van der Waals surface area contributed by atoms with Crippen LogP contribution < -0.4 is 0 Å². The van der Waals surface area contributed by atoms with Crippen LogP contribution in [0.15, 0.2) is 60.8 Å². The number of aromatic nitrogens is 1. The summed E-state index contributed by atoms with van der Waals surface area (Å²) >= 11 is 0. The number of fused-ring (bicyclic) bond motifs is 1. The van der Waals surface area contributed by atoms with Crippen LogP contribution in [-0.4, -0.2) is 4.57 Å². The quantitative estimate of drug-likeness (QED) is 0.612. The number of rotatable bonds is 1. The summed E-state index contributed by atoms with van der Waals surface area (Å²) in [5.74, 6) is 6.30. The first-order valence-corrected chi connectivity index (χ1v) is 6.40. The maximum Gasteiger partial charge on any atom is 0.0992 e. The average molecular weight is 256 g/mol. The number of hydrogen-bond donors (Lipinski definition) is 0. The third-order valence-electron chi connectivity index (χ3n) is 3.16. The molecule has 0 aliphatic heterocycles. The molecule has 0 N–H and O–H groups in total. The Morgan fingerprint density at radius 3 is 2.60 bits per heavy atom. The third kappa shape index (κ3) is 2.41.